The molecule has 0 aliphatic rings. The van der Waals surface area contributed by atoms with Crippen molar-refractivity contribution in [2.24, 2.45) is 5.92 Å². The molecule has 0 amide bonds. The predicted molar refractivity (Wildman–Crippen MR) is 206 cm³/mol. The summed E-state index contributed by atoms with van der Waals surface area (Å²) in [5, 5.41) is 34.0. The molecular weight excluding hydrogens is 708 g/mol. The minimum atomic E-state index is -1.26. The number of unbranched alkanes of at least 4 members (excludes halogenated alkanes) is 8. The summed E-state index contributed by atoms with van der Waals surface area (Å²) < 4.78 is 11.0. The van der Waals surface area contributed by atoms with Crippen molar-refractivity contribution in [3.05, 3.63) is 119 Å². The van der Waals surface area contributed by atoms with Crippen LogP contribution in [0.3, 0.4) is 0 Å². The molecule has 0 spiro atoms. The van der Waals surface area contributed by atoms with E-state index in [-0.39, 0.29) is 17.5 Å². The number of aromatic carboxylic acids is 1. The zero-order valence-corrected chi connectivity index (χ0v) is 31.4. The third-order valence-corrected chi connectivity index (χ3v) is 8.61. The highest BCUT2D eigenvalue weighted by Gasteiger charge is 2.25. The van der Waals surface area contributed by atoms with E-state index < -0.39 is 47.1 Å². The molecule has 0 fully saturated rings. The summed E-state index contributed by atoms with van der Waals surface area (Å²) in [5.74, 6) is -6.03. The zero-order valence-electron chi connectivity index (χ0n) is 31.4. The van der Waals surface area contributed by atoms with Gasteiger partial charge in [0.1, 0.15) is 11.5 Å². The molecule has 1 unspecified atom stereocenters. The highest BCUT2D eigenvalue weighted by molar-refractivity contribution is 5.93. The average Bonchev–Trinajstić information content (AvgIpc) is 3.14. The topological polar surface area (TPSA) is 202 Å². The lowest BCUT2D eigenvalue weighted by atomic mass is 9.78. The fourth-order valence-corrected chi connectivity index (χ4v) is 5.37. The fourth-order valence-electron chi connectivity index (χ4n) is 5.37. The van der Waals surface area contributed by atoms with E-state index in [4.69, 9.17) is 24.8 Å². The Kier molecular flexibility index (Phi) is 19.4. The maximum absolute atomic E-state index is 12.9. The molecule has 0 aliphatic heterocycles. The lowest BCUT2D eigenvalue weighted by molar-refractivity contribution is -0.144. The van der Waals surface area contributed by atoms with Crippen molar-refractivity contribution in [3.8, 4) is 11.5 Å². The van der Waals surface area contributed by atoms with Crippen LogP contribution in [0.25, 0.3) is 0 Å². The van der Waals surface area contributed by atoms with Crippen LogP contribution in [-0.2, 0) is 24.6 Å². The summed E-state index contributed by atoms with van der Waals surface area (Å²) in [6.07, 6.45) is 14.8. The predicted octanol–water partition coefficient (Wildman–Crippen LogP) is 8.73. The van der Waals surface area contributed by atoms with Gasteiger partial charge in [-0.05, 0) is 72.5 Å². The van der Waals surface area contributed by atoms with E-state index in [0.717, 1.165) is 30.4 Å². The summed E-state index contributed by atoms with van der Waals surface area (Å²) in [5.41, 5.74) is 1.79. The van der Waals surface area contributed by atoms with Crippen LogP contribution in [0.1, 0.15) is 117 Å². The number of allylic oxidation sites excluding steroid dienone is 1. The molecule has 3 rings (SSSR count). The number of hydrogen-bond donors (Lipinski definition) is 4. The summed E-state index contributed by atoms with van der Waals surface area (Å²) in [6, 6.07) is 19.7. The molecule has 0 saturated carbocycles. The van der Waals surface area contributed by atoms with Crippen LogP contribution in [0.2, 0.25) is 0 Å². The number of carbonyl (C=O) groups is 6. The Hall–Kier alpha value is -6.04. The normalized spacial score (nSPS) is 11.7. The van der Waals surface area contributed by atoms with Crippen molar-refractivity contribution in [1.82, 2.24) is 0 Å². The molecule has 294 valence electrons. The van der Waals surface area contributed by atoms with Gasteiger partial charge in [0.2, 0.25) is 0 Å². The van der Waals surface area contributed by atoms with Crippen molar-refractivity contribution in [2.75, 3.05) is 0 Å². The van der Waals surface area contributed by atoms with Crippen LogP contribution in [-0.4, -0.2) is 56.2 Å². The van der Waals surface area contributed by atoms with Gasteiger partial charge in [0, 0.05) is 17.6 Å². The number of esters is 2. The summed E-state index contributed by atoms with van der Waals surface area (Å²) in [7, 11) is 0. The number of benzene rings is 3. The molecule has 3 aromatic carbocycles. The van der Waals surface area contributed by atoms with Gasteiger partial charge in [-0.2, -0.15) is 0 Å². The quantitative estimate of drug-likeness (QED) is 0.0265. The highest BCUT2D eigenvalue weighted by Crippen LogP contribution is 2.33. The van der Waals surface area contributed by atoms with Gasteiger partial charge in [0.05, 0.1) is 23.5 Å². The zero-order chi connectivity index (χ0) is 40.8. The fraction of sp³-hybridized carbons (Fsp3) is 0.349. The van der Waals surface area contributed by atoms with Gasteiger partial charge in [-0.3, -0.25) is 9.59 Å². The van der Waals surface area contributed by atoms with E-state index >= 15 is 0 Å². The van der Waals surface area contributed by atoms with Gasteiger partial charge in [-0.1, -0.05) is 102 Å². The summed E-state index contributed by atoms with van der Waals surface area (Å²) in [6.45, 7) is 6.29. The first-order valence-corrected chi connectivity index (χ1v) is 18.1. The summed E-state index contributed by atoms with van der Waals surface area (Å²) >= 11 is 0. The largest absolute Gasteiger partial charge is 0.481 e. The average molecular weight is 759 g/mol. The number of rotatable bonds is 21. The number of carboxylic acid groups (broad SMARTS) is 4. The molecule has 3 aromatic rings. The Morgan fingerprint density at radius 3 is 1.53 bits per heavy atom. The van der Waals surface area contributed by atoms with Crippen molar-refractivity contribution >= 4 is 35.8 Å². The smallest absolute Gasteiger partial charge is 0.343 e. The molecule has 4 N–H and O–H groups in total. The summed E-state index contributed by atoms with van der Waals surface area (Å²) in [4.78, 5) is 67.0. The lowest BCUT2D eigenvalue weighted by Crippen LogP contribution is -2.22. The second kappa shape index (κ2) is 23.6. The molecule has 0 aromatic heterocycles. The van der Waals surface area contributed by atoms with E-state index in [0.29, 0.717) is 23.7 Å². The van der Waals surface area contributed by atoms with Crippen LogP contribution in [0.4, 0.5) is 0 Å². The third kappa shape index (κ3) is 17.1. The van der Waals surface area contributed by atoms with E-state index in [1.807, 2.05) is 44.2 Å². The Morgan fingerprint density at radius 2 is 1.07 bits per heavy atom. The Bertz CT molecular complexity index is 1750. The van der Waals surface area contributed by atoms with E-state index in [2.05, 4.69) is 6.92 Å². The standard InChI is InChI=1S/C39H46O8.C4H4O4/c1-4-5-6-7-8-9-10-11-12-13-14-30(27-35(40)41)38(45)47-34-25-21-32(22-26-34)39(2,3)31-19-23-33(24-20-31)46-37(44)29-17-15-28(16-18-29)36(42)43;5-3(6)1-2-4(7)8/h13-26,30H,4-12,27H2,1-3H3,(H,40,41)(H,42,43);1-2H,(H,5,6)(H,7,8)/b;2-1+. The molecule has 12 nitrogen and oxygen atoms in total. The van der Waals surface area contributed by atoms with E-state index in [1.54, 1.807) is 30.3 Å². The maximum atomic E-state index is 12.9. The van der Waals surface area contributed by atoms with Crippen molar-refractivity contribution in [2.45, 2.75) is 90.4 Å². The van der Waals surface area contributed by atoms with Gasteiger partial charge < -0.3 is 29.9 Å². The van der Waals surface area contributed by atoms with Crippen molar-refractivity contribution in [3.63, 3.8) is 0 Å². The molecule has 0 bridgehead atoms. The van der Waals surface area contributed by atoms with Crippen LogP contribution >= 0.6 is 0 Å². The first-order valence-electron chi connectivity index (χ1n) is 18.1. The number of ether oxygens (including phenoxy) is 2. The minimum Gasteiger partial charge on any atom is -0.481 e. The minimum absolute atomic E-state index is 0.0819. The van der Waals surface area contributed by atoms with Crippen LogP contribution in [0, 0.1) is 5.92 Å². The number of aliphatic carboxylic acids is 3. The van der Waals surface area contributed by atoms with Crippen molar-refractivity contribution < 1.29 is 58.7 Å². The van der Waals surface area contributed by atoms with Crippen LogP contribution in [0.5, 0.6) is 11.5 Å². The number of hydrogen-bond acceptors (Lipinski definition) is 8. The van der Waals surface area contributed by atoms with Gasteiger partial charge in [0.25, 0.3) is 0 Å². The van der Waals surface area contributed by atoms with Crippen LogP contribution < -0.4 is 9.47 Å². The SMILES string of the molecule is CCCCCCCCCCC=CC(CC(=O)O)C(=O)Oc1ccc(C(C)(C)c2ccc(OC(=O)c3ccc(C(=O)O)cc3)cc2)cc1.O=C(O)/C=C/C(=O)O. The lowest BCUT2D eigenvalue weighted by Gasteiger charge is -2.26. The molecular formula is C43H50O12. The molecule has 0 radical (unpaired) electrons. The Labute approximate surface area is 321 Å². The Morgan fingerprint density at radius 1 is 0.618 bits per heavy atom. The van der Waals surface area contributed by atoms with E-state index in [1.165, 1.54) is 62.8 Å². The van der Waals surface area contributed by atoms with Gasteiger partial charge in [0.15, 0.2) is 0 Å². The first kappa shape index (κ1) is 45.1. The van der Waals surface area contributed by atoms with E-state index in [9.17, 15) is 33.9 Å². The maximum Gasteiger partial charge on any atom is 0.343 e. The molecule has 1 atom stereocenters. The van der Waals surface area contributed by atoms with Gasteiger partial charge in [-0.25, -0.2) is 19.2 Å². The van der Waals surface area contributed by atoms with Gasteiger partial charge >= 0.3 is 35.8 Å². The molecule has 12 heteroatoms. The number of carboxylic acids is 4. The van der Waals surface area contributed by atoms with Crippen LogP contribution in [0.15, 0.2) is 97.1 Å². The molecule has 0 heterocycles. The molecule has 55 heavy (non-hydrogen) atoms. The number of carbonyl (C=O) groups excluding carboxylic acids is 2. The first-order chi connectivity index (χ1) is 26.1. The Balaban J connectivity index is 0.00000117. The second-order valence-corrected chi connectivity index (χ2v) is 13.3. The molecule has 0 saturated heterocycles. The third-order valence-electron chi connectivity index (χ3n) is 8.61. The molecule has 0 aliphatic carbocycles. The van der Waals surface area contributed by atoms with Crippen molar-refractivity contribution in [1.29, 1.82) is 0 Å². The highest BCUT2D eigenvalue weighted by atomic mass is 16.5. The van der Waals surface area contributed by atoms with Gasteiger partial charge in [-0.15, -0.1) is 0 Å². The second-order valence-electron chi connectivity index (χ2n) is 13.3. The monoisotopic (exact) mass is 758 g/mol.